The second-order valence-electron chi connectivity index (χ2n) is 6.72. The molecule has 3 heterocycles. The summed E-state index contributed by atoms with van der Waals surface area (Å²) in [5, 5.41) is 9.66. The van der Waals surface area contributed by atoms with Crippen molar-refractivity contribution in [2.45, 2.75) is 31.9 Å². The maximum Gasteiger partial charge on any atom is 0.256 e. The lowest BCUT2D eigenvalue weighted by molar-refractivity contribution is 0.128. The molecule has 1 saturated heterocycles. The van der Waals surface area contributed by atoms with Crippen molar-refractivity contribution in [2.75, 3.05) is 18.0 Å². The van der Waals surface area contributed by atoms with Gasteiger partial charge in [-0.3, -0.25) is 0 Å². The summed E-state index contributed by atoms with van der Waals surface area (Å²) >= 11 is 0. The molecule has 28 heavy (non-hydrogen) atoms. The fourth-order valence-corrected chi connectivity index (χ4v) is 3.53. The van der Waals surface area contributed by atoms with Gasteiger partial charge >= 0.3 is 0 Å². The predicted octanol–water partition coefficient (Wildman–Crippen LogP) is 3.62. The first-order valence-corrected chi connectivity index (χ1v) is 9.14. The average molecular weight is 383 g/mol. The molecule has 144 valence electrons. The lowest BCUT2D eigenvalue weighted by atomic mass is 10.1. The van der Waals surface area contributed by atoms with Gasteiger partial charge in [0.2, 0.25) is 0 Å². The number of anilines is 1. The lowest BCUT2D eigenvalue weighted by Crippen LogP contribution is -2.38. The van der Waals surface area contributed by atoms with Crippen LogP contribution >= 0.6 is 0 Å². The Hall–Kier alpha value is -3.21. The third kappa shape index (κ3) is 3.74. The highest BCUT2D eigenvalue weighted by Crippen LogP contribution is 2.30. The summed E-state index contributed by atoms with van der Waals surface area (Å²) in [4.78, 5) is 10.5. The highest BCUT2D eigenvalue weighted by Gasteiger charge is 2.22. The minimum Gasteiger partial charge on any atom is -0.490 e. The Labute approximate surface area is 161 Å². The molecular weight excluding hydrogens is 364 g/mol. The highest BCUT2D eigenvalue weighted by molar-refractivity contribution is 5.86. The zero-order valence-electron chi connectivity index (χ0n) is 15.1. The van der Waals surface area contributed by atoms with Gasteiger partial charge in [-0.2, -0.15) is 5.26 Å². The van der Waals surface area contributed by atoms with E-state index in [0.29, 0.717) is 5.69 Å². The van der Waals surface area contributed by atoms with Crippen molar-refractivity contribution in [3.63, 3.8) is 0 Å². The second kappa shape index (κ2) is 7.80. The van der Waals surface area contributed by atoms with Crippen LogP contribution in [0.5, 0.6) is 5.75 Å². The van der Waals surface area contributed by atoms with Crippen LogP contribution in [0.15, 0.2) is 42.9 Å². The van der Waals surface area contributed by atoms with E-state index >= 15 is 0 Å². The van der Waals surface area contributed by atoms with E-state index < -0.39 is 6.43 Å². The maximum atomic E-state index is 12.7. The number of rotatable bonds is 5. The molecular formula is C20H19F2N5O. The van der Waals surface area contributed by atoms with Crippen LogP contribution in [-0.4, -0.2) is 40.2 Å². The Morgan fingerprint density at radius 2 is 2.00 bits per heavy atom. The van der Waals surface area contributed by atoms with Crippen LogP contribution < -0.4 is 9.64 Å². The van der Waals surface area contributed by atoms with E-state index in [1.807, 2.05) is 30.3 Å². The third-order valence-electron chi connectivity index (χ3n) is 4.92. The van der Waals surface area contributed by atoms with Crippen molar-refractivity contribution in [3.05, 3.63) is 48.5 Å². The van der Waals surface area contributed by atoms with Gasteiger partial charge in [-0.05, 0) is 18.2 Å². The zero-order valence-corrected chi connectivity index (χ0v) is 15.1. The van der Waals surface area contributed by atoms with Gasteiger partial charge in [0.05, 0.1) is 24.5 Å². The number of ether oxygens (including phenoxy) is 1. The number of nitriles is 1. The van der Waals surface area contributed by atoms with Crippen molar-refractivity contribution >= 4 is 16.7 Å². The quantitative estimate of drug-likeness (QED) is 0.673. The number of alkyl halides is 2. The van der Waals surface area contributed by atoms with E-state index in [1.54, 1.807) is 17.0 Å². The molecule has 1 aromatic carbocycles. The predicted molar refractivity (Wildman–Crippen MR) is 101 cm³/mol. The van der Waals surface area contributed by atoms with Crippen LogP contribution in [0.3, 0.4) is 0 Å². The molecule has 0 saturated carbocycles. The van der Waals surface area contributed by atoms with E-state index in [9.17, 15) is 8.78 Å². The van der Waals surface area contributed by atoms with Crippen LogP contribution in [0.2, 0.25) is 0 Å². The minimum absolute atomic E-state index is 0.0478. The summed E-state index contributed by atoms with van der Waals surface area (Å²) in [6, 6.07) is 9.34. The monoisotopic (exact) mass is 383 g/mol. The normalized spacial score (nSPS) is 15.1. The van der Waals surface area contributed by atoms with E-state index in [4.69, 9.17) is 10.00 Å². The molecule has 0 aliphatic carbocycles. The van der Waals surface area contributed by atoms with Crippen molar-refractivity contribution in [1.82, 2.24) is 14.5 Å². The second-order valence-corrected chi connectivity index (χ2v) is 6.72. The van der Waals surface area contributed by atoms with Crippen molar-refractivity contribution in [2.24, 2.45) is 0 Å². The molecule has 4 rings (SSSR count). The summed E-state index contributed by atoms with van der Waals surface area (Å²) in [6.07, 6.45) is 4.05. The largest absolute Gasteiger partial charge is 0.490 e. The maximum absolute atomic E-state index is 12.7. The van der Waals surface area contributed by atoms with Gasteiger partial charge in [-0.1, -0.05) is 6.07 Å². The molecule has 3 aromatic rings. The first-order chi connectivity index (χ1) is 13.6. The SMILES string of the molecule is N#Cc1cnc(N2CCC(Oc3cccc4c3ccn4CC(F)F)CC2)cn1. The molecule has 1 aliphatic rings. The first kappa shape index (κ1) is 18.2. The third-order valence-corrected chi connectivity index (χ3v) is 4.92. The fraction of sp³-hybridized carbons (Fsp3) is 0.350. The van der Waals surface area contributed by atoms with Crippen molar-refractivity contribution < 1.29 is 13.5 Å². The van der Waals surface area contributed by atoms with Crippen LogP contribution in [0.1, 0.15) is 18.5 Å². The highest BCUT2D eigenvalue weighted by atomic mass is 19.3. The van der Waals surface area contributed by atoms with Gasteiger partial charge in [0.1, 0.15) is 23.7 Å². The Morgan fingerprint density at radius 1 is 1.18 bits per heavy atom. The number of aromatic nitrogens is 3. The summed E-state index contributed by atoms with van der Waals surface area (Å²) in [5.41, 5.74) is 1.05. The van der Waals surface area contributed by atoms with E-state index in [-0.39, 0.29) is 12.6 Å². The number of fused-ring (bicyclic) bond motifs is 1. The number of hydrogen-bond donors (Lipinski definition) is 0. The van der Waals surface area contributed by atoms with Gasteiger partial charge < -0.3 is 14.2 Å². The summed E-state index contributed by atoms with van der Waals surface area (Å²) in [5.74, 6) is 1.48. The van der Waals surface area contributed by atoms with E-state index in [0.717, 1.165) is 48.4 Å². The van der Waals surface area contributed by atoms with Crippen molar-refractivity contribution in [1.29, 1.82) is 5.26 Å². The average Bonchev–Trinajstić information content (AvgIpc) is 3.12. The van der Waals surface area contributed by atoms with Gasteiger partial charge in [0, 0.05) is 37.5 Å². The van der Waals surface area contributed by atoms with Gasteiger partial charge in [-0.25, -0.2) is 18.7 Å². The number of benzene rings is 1. The summed E-state index contributed by atoms with van der Waals surface area (Å²) < 4.78 is 33.2. The molecule has 2 aromatic heterocycles. The van der Waals surface area contributed by atoms with E-state index in [1.165, 1.54) is 6.20 Å². The molecule has 6 nitrogen and oxygen atoms in total. The van der Waals surface area contributed by atoms with Crippen LogP contribution in [0.25, 0.3) is 10.9 Å². The summed E-state index contributed by atoms with van der Waals surface area (Å²) in [7, 11) is 0. The van der Waals surface area contributed by atoms with E-state index in [2.05, 4.69) is 14.9 Å². The number of nitrogens with zero attached hydrogens (tertiary/aromatic N) is 5. The zero-order chi connectivity index (χ0) is 19.5. The van der Waals surface area contributed by atoms with Gasteiger partial charge in [0.25, 0.3) is 6.43 Å². The molecule has 0 N–H and O–H groups in total. The molecule has 1 fully saturated rings. The van der Waals surface area contributed by atoms with Crippen molar-refractivity contribution in [3.8, 4) is 11.8 Å². The molecule has 0 spiro atoms. The smallest absolute Gasteiger partial charge is 0.256 e. The summed E-state index contributed by atoms with van der Waals surface area (Å²) in [6.45, 7) is 1.22. The molecule has 0 atom stereocenters. The molecule has 0 unspecified atom stereocenters. The molecule has 0 amide bonds. The molecule has 0 radical (unpaired) electrons. The molecule has 8 heteroatoms. The number of halogens is 2. The number of hydrogen-bond acceptors (Lipinski definition) is 5. The molecule has 0 bridgehead atoms. The Bertz CT molecular complexity index is 988. The standard InChI is InChI=1S/C20H19F2N5O/c21-19(22)13-27-9-6-16-17(27)2-1-3-18(16)28-15-4-7-26(8-5-15)20-12-24-14(10-23)11-25-20/h1-3,6,9,11-12,15,19H,4-5,7-8,13H2. The Balaban J connectivity index is 1.42. The van der Waals surface area contributed by atoms with Crippen LogP contribution in [-0.2, 0) is 6.54 Å². The Kier molecular flexibility index (Phi) is 5.06. The topological polar surface area (TPSA) is 67.0 Å². The molecule has 1 aliphatic heterocycles. The van der Waals surface area contributed by atoms with Crippen LogP contribution in [0, 0.1) is 11.3 Å². The Morgan fingerprint density at radius 3 is 2.68 bits per heavy atom. The van der Waals surface area contributed by atoms with Gasteiger partial charge in [0.15, 0.2) is 5.69 Å². The number of piperidine rings is 1. The first-order valence-electron chi connectivity index (χ1n) is 9.14. The van der Waals surface area contributed by atoms with Crippen LogP contribution in [0.4, 0.5) is 14.6 Å². The van der Waals surface area contributed by atoms with Gasteiger partial charge in [-0.15, -0.1) is 0 Å². The fourth-order valence-electron chi connectivity index (χ4n) is 3.53. The minimum atomic E-state index is -2.39. The lowest BCUT2D eigenvalue weighted by Gasteiger charge is -2.32.